The molecule has 2 aromatic rings. The highest BCUT2D eigenvalue weighted by molar-refractivity contribution is 9.10. The number of carbonyl (C=O) groups excluding carboxylic acids is 2. The van der Waals surface area contributed by atoms with Crippen molar-refractivity contribution < 1.29 is 14.7 Å². The third-order valence-corrected chi connectivity index (χ3v) is 6.01. The van der Waals surface area contributed by atoms with Crippen LogP contribution >= 0.6 is 39.9 Å². The number of rotatable bonds is 4. The molecule has 0 saturated carbocycles. The van der Waals surface area contributed by atoms with E-state index in [2.05, 4.69) is 21.2 Å². The van der Waals surface area contributed by atoms with Crippen molar-refractivity contribution in [3.63, 3.8) is 0 Å². The SMILES string of the molecule is Cc1ccc(NC(=O)C(C)N2C(=O)/C(=C/c3cc(Br)ccc3O)SC2=S)cc1. The Balaban J connectivity index is 1.78. The molecule has 0 aliphatic carbocycles. The van der Waals surface area contributed by atoms with Crippen LogP contribution in [0, 0.1) is 6.92 Å². The summed E-state index contributed by atoms with van der Waals surface area (Å²) in [6.07, 6.45) is 1.57. The Labute approximate surface area is 180 Å². The Morgan fingerprint density at radius 3 is 2.64 bits per heavy atom. The normalized spacial score (nSPS) is 16.5. The molecule has 3 rings (SSSR count). The smallest absolute Gasteiger partial charge is 0.266 e. The first kappa shape index (κ1) is 20.6. The molecule has 1 saturated heterocycles. The second-order valence-electron chi connectivity index (χ2n) is 6.29. The number of benzene rings is 2. The Morgan fingerprint density at radius 1 is 1.29 bits per heavy atom. The van der Waals surface area contributed by atoms with Gasteiger partial charge in [0.15, 0.2) is 0 Å². The molecule has 2 amide bonds. The first-order valence-electron chi connectivity index (χ1n) is 8.39. The summed E-state index contributed by atoms with van der Waals surface area (Å²) in [4.78, 5) is 27.1. The highest BCUT2D eigenvalue weighted by atomic mass is 79.9. The molecule has 0 spiro atoms. The predicted octanol–water partition coefficient (Wildman–Crippen LogP) is 4.69. The minimum absolute atomic E-state index is 0.0543. The van der Waals surface area contributed by atoms with Crippen molar-refractivity contribution in [3.8, 4) is 5.75 Å². The summed E-state index contributed by atoms with van der Waals surface area (Å²) in [5, 5.41) is 12.8. The third-order valence-electron chi connectivity index (χ3n) is 4.19. The minimum Gasteiger partial charge on any atom is -0.507 e. The number of aryl methyl sites for hydroxylation is 1. The summed E-state index contributed by atoms with van der Waals surface area (Å²) in [5.41, 5.74) is 2.23. The molecule has 144 valence electrons. The summed E-state index contributed by atoms with van der Waals surface area (Å²) in [7, 11) is 0. The topological polar surface area (TPSA) is 69.6 Å². The van der Waals surface area contributed by atoms with Crippen LogP contribution in [0.15, 0.2) is 51.8 Å². The van der Waals surface area contributed by atoms with Gasteiger partial charge in [-0.25, -0.2) is 0 Å². The van der Waals surface area contributed by atoms with Gasteiger partial charge in [-0.2, -0.15) is 0 Å². The molecule has 1 fully saturated rings. The van der Waals surface area contributed by atoms with Gasteiger partial charge >= 0.3 is 0 Å². The lowest BCUT2D eigenvalue weighted by atomic mass is 10.1. The van der Waals surface area contributed by atoms with Crippen molar-refractivity contribution in [2.24, 2.45) is 0 Å². The zero-order chi connectivity index (χ0) is 20.4. The number of halogens is 1. The first-order valence-corrected chi connectivity index (χ1v) is 10.4. The fraction of sp³-hybridized carbons (Fsp3) is 0.150. The average Bonchev–Trinajstić information content (AvgIpc) is 2.93. The zero-order valence-corrected chi connectivity index (χ0v) is 18.3. The number of hydrogen-bond donors (Lipinski definition) is 2. The highest BCUT2D eigenvalue weighted by Gasteiger charge is 2.38. The fourth-order valence-electron chi connectivity index (χ4n) is 2.60. The summed E-state index contributed by atoms with van der Waals surface area (Å²) in [5.74, 6) is -0.633. The van der Waals surface area contributed by atoms with Crippen LogP contribution in [0.4, 0.5) is 5.69 Å². The quantitative estimate of drug-likeness (QED) is 0.494. The molecule has 1 unspecified atom stereocenters. The second-order valence-corrected chi connectivity index (χ2v) is 8.88. The van der Waals surface area contributed by atoms with E-state index in [1.54, 1.807) is 37.3 Å². The van der Waals surface area contributed by atoms with E-state index in [0.717, 1.165) is 21.8 Å². The molecule has 5 nitrogen and oxygen atoms in total. The Hall–Kier alpha value is -2.16. The van der Waals surface area contributed by atoms with Gasteiger partial charge in [0.05, 0.1) is 4.91 Å². The van der Waals surface area contributed by atoms with Crippen LogP contribution in [0.2, 0.25) is 0 Å². The zero-order valence-electron chi connectivity index (χ0n) is 15.1. The van der Waals surface area contributed by atoms with Gasteiger partial charge in [0.25, 0.3) is 5.91 Å². The van der Waals surface area contributed by atoms with Gasteiger partial charge in [0.1, 0.15) is 16.1 Å². The van der Waals surface area contributed by atoms with Crippen molar-refractivity contribution >= 4 is 67.8 Å². The number of nitrogens with zero attached hydrogens (tertiary/aromatic N) is 1. The predicted molar refractivity (Wildman–Crippen MR) is 120 cm³/mol. The van der Waals surface area contributed by atoms with Gasteiger partial charge in [-0.15, -0.1) is 0 Å². The van der Waals surface area contributed by atoms with Crippen molar-refractivity contribution in [1.29, 1.82) is 0 Å². The molecule has 28 heavy (non-hydrogen) atoms. The number of thiocarbonyl (C=S) groups is 1. The lowest BCUT2D eigenvalue weighted by molar-refractivity contribution is -0.129. The molecular formula is C20H17BrN2O3S2. The summed E-state index contributed by atoms with van der Waals surface area (Å²) >= 11 is 9.77. The van der Waals surface area contributed by atoms with Crippen LogP contribution in [0.5, 0.6) is 5.75 Å². The van der Waals surface area contributed by atoms with E-state index >= 15 is 0 Å². The molecule has 0 radical (unpaired) electrons. The van der Waals surface area contributed by atoms with Crippen LogP contribution < -0.4 is 5.32 Å². The molecule has 1 heterocycles. The van der Waals surface area contributed by atoms with Crippen LogP contribution in [0.25, 0.3) is 6.08 Å². The number of hydrogen-bond acceptors (Lipinski definition) is 5. The molecule has 2 aromatic carbocycles. The van der Waals surface area contributed by atoms with Crippen LogP contribution in [0.3, 0.4) is 0 Å². The standard InChI is InChI=1S/C20H17BrN2O3S2/c1-11-3-6-15(7-4-11)22-18(25)12(2)23-19(26)17(28-20(23)27)10-13-9-14(21)5-8-16(13)24/h3-10,12,24H,1-2H3,(H,22,25)/b17-10-. The molecule has 0 aromatic heterocycles. The Morgan fingerprint density at radius 2 is 1.96 bits per heavy atom. The van der Waals surface area contributed by atoms with E-state index < -0.39 is 6.04 Å². The number of phenols is 1. The number of anilines is 1. The molecule has 0 bridgehead atoms. The number of thioether (sulfide) groups is 1. The number of amides is 2. The van der Waals surface area contributed by atoms with Gasteiger partial charge < -0.3 is 10.4 Å². The maximum atomic E-state index is 12.8. The molecule has 1 aliphatic heterocycles. The average molecular weight is 477 g/mol. The second kappa shape index (κ2) is 8.46. The Bertz CT molecular complexity index is 989. The van der Waals surface area contributed by atoms with Gasteiger partial charge in [-0.1, -0.05) is 57.6 Å². The largest absolute Gasteiger partial charge is 0.507 e. The van der Waals surface area contributed by atoms with Gasteiger partial charge in [0, 0.05) is 15.7 Å². The van der Waals surface area contributed by atoms with Gasteiger partial charge in [-0.05, 0) is 50.3 Å². The van der Waals surface area contributed by atoms with Crippen LogP contribution in [-0.2, 0) is 9.59 Å². The number of carbonyl (C=O) groups is 2. The summed E-state index contributed by atoms with van der Waals surface area (Å²) in [6.45, 7) is 3.59. The van der Waals surface area contributed by atoms with E-state index in [-0.39, 0.29) is 17.6 Å². The van der Waals surface area contributed by atoms with Crippen LogP contribution in [-0.4, -0.2) is 32.2 Å². The third kappa shape index (κ3) is 4.45. The van der Waals surface area contributed by atoms with Crippen molar-refractivity contribution in [2.75, 3.05) is 5.32 Å². The molecular weight excluding hydrogens is 460 g/mol. The van der Waals surface area contributed by atoms with E-state index in [1.165, 1.54) is 11.0 Å². The maximum Gasteiger partial charge on any atom is 0.266 e. The first-order chi connectivity index (χ1) is 13.3. The van der Waals surface area contributed by atoms with Gasteiger partial charge in [0.2, 0.25) is 5.91 Å². The van der Waals surface area contributed by atoms with E-state index in [0.29, 0.717) is 20.5 Å². The van der Waals surface area contributed by atoms with E-state index in [9.17, 15) is 14.7 Å². The summed E-state index contributed by atoms with van der Waals surface area (Å²) < 4.78 is 1.08. The van der Waals surface area contributed by atoms with Crippen molar-refractivity contribution in [3.05, 3.63) is 63.0 Å². The van der Waals surface area contributed by atoms with Crippen molar-refractivity contribution in [1.82, 2.24) is 4.90 Å². The Kier molecular flexibility index (Phi) is 6.22. The minimum atomic E-state index is -0.768. The fourth-order valence-corrected chi connectivity index (χ4v) is 4.38. The highest BCUT2D eigenvalue weighted by Crippen LogP contribution is 2.36. The van der Waals surface area contributed by atoms with E-state index in [4.69, 9.17) is 12.2 Å². The molecule has 1 atom stereocenters. The van der Waals surface area contributed by atoms with Crippen LogP contribution in [0.1, 0.15) is 18.1 Å². The van der Waals surface area contributed by atoms with Gasteiger partial charge in [-0.3, -0.25) is 14.5 Å². The lowest BCUT2D eigenvalue weighted by Crippen LogP contribution is -2.44. The molecule has 1 aliphatic rings. The lowest BCUT2D eigenvalue weighted by Gasteiger charge is -2.22. The number of phenolic OH excluding ortho intramolecular Hbond substituents is 1. The number of aromatic hydroxyl groups is 1. The molecule has 8 heteroatoms. The summed E-state index contributed by atoms with van der Waals surface area (Å²) in [6, 6.07) is 11.6. The van der Waals surface area contributed by atoms with E-state index in [1.807, 2.05) is 19.1 Å². The maximum absolute atomic E-state index is 12.8. The molecule has 2 N–H and O–H groups in total. The monoisotopic (exact) mass is 476 g/mol. The number of nitrogens with one attached hydrogen (secondary N) is 1. The van der Waals surface area contributed by atoms with Crippen molar-refractivity contribution in [2.45, 2.75) is 19.9 Å².